The summed E-state index contributed by atoms with van der Waals surface area (Å²) >= 11 is 0. The Morgan fingerprint density at radius 1 is 1.11 bits per heavy atom. The average molecular weight is 255 g/mol. The van der Waals surface area contributed by atoms with Gasteiger partial charge >= 0.3 is 5.97 Å². The molecule has 1 amide bonds. The van der Waals surface area contributed by atoms with Crippen LogP contribution in [-0.2, 0) is 14.3 Å². The molecule has 0 spiro atoms. The van der Waals surface area contributed by atoms with Crippen molar-refractivity contribution in [1.82, 2.24) is 5.32 Å². The highest BCUT2D eigenvalue weighted by atomic mass is 16.5. The fraction of sp³-hybridized carbons (Fsp3) is 0.846. The molecule has 2 fully saturated rings. The van der Waals surface area contributed by atoms with Crippen LogP contribution in [0.1, 0.15) is 38.5 Å². The third kappa shape index (κ3) is 3.22. The van der Waals surface area contributed by atoms with E-state index in [1.54, 1.807) is 0 Å². The maximum absolute atomic E-state index is 12.0. The minimum Gasteiger partial charge on any atom is -0.481 e. The lowest BCUT2D eigenvalue weighted by Crippen LogP contribution is -2.42. The number of carboxylic acids is 1. The maximum atomic E-state index is 12.0. The van der Waals surface area contributed by atoms with E-state index in [1.807, 2.05) is 0 Å². The molecule has 2 N–H and O–H groups in total. The number of ether oxygens (including phenoxy) is 1. The van der Waals surface area contributed by atoms with E-state index in [4.69, 9.17) is 9.84 Å². The van der Waals surface area contributed by atoms with Crippen molar-refractivity contribution in [2.24, 2.45) is 11.8 Å². The molecule has 18 heavy (non-hydrogen) atoms. The van der Waals surface area contributed by atoms with E-state index >= 15 is 0 Å². The van der Waals surface area contributed by atoms with E-state index in [0.717, 1.165) is 32.3 Å². The summed E-state index contributed by atoms with van der Waals surface area (Å²) in [6, 6.07) is 0. The van der Waals surface area contributed by atoms with Gasteiger partial charge in [0, 0.05) is 13.2 Å². The van der Waals surface area contributed by atoms with Crippen LogP contribution in [-0.4, -0.2) is 36.2 Å². The van der Waals surface area contributed by atoms with Crippen molar-refractivity contribution in [3.8, 4) is 0 Å². The summed E-state index contributed by atoms with van der Waals surface area (Å²) in [4.78, 5) is 23.2. The van der Waals surface area contributed by atoms with Crippen molar-refractivity contribution in [3.63, 3.8) is 0 Å². The van der Waals surface area contributed by atoms with E-state index in [1.165, 1.54) is 0 Å². The Morgan fingerprint density at radius 3 is 2.44 bits per heavy atom. The topological polar surface area (TPSA) is 75.6 Å². The predicted molar refractivity (Wildman–Crippen MR) is 65.1 cm³/mol. The Bertz CT molecular complexity index is 312. The first-order valence-corrected chi connectivity index (χ1v) is 6.80. The fourth-order valence-electron chi connectivity index (χ4n) is 2.89. The quantitative estimate of drug-likeness (QED) is 0.790. The van der Waals surface area contributed by atoms with Crippen molar-refractivity contribution in [2.75, 3.05) is 13.2 Å². The van der Waals surface area contributed by atoms with Crippen molar-refractivity contribution in [2.45, 2.75) is 44.6 Å². The highest BCUT2D eigenvalue weighted by molar-refractivity contribution is 5.84. The number of nitrogens with one attached hydrogen (secondary N) is 1. The summed E-state index contributed by atoms with van der Waals surface area (Å²) in [5.74, 6) is -1.83. The summed E-state index contributed by atoms with van der Waals surface area (Å²) in [7, 11) is 0. The highest BCUT2D eigenvalue weighted by Crippen LogP contribution is 2.30. The number of carbonyl (C=O) groups excluding carboxylic acids is 1. The second-order valence-electron chi connectivity index (χ2n) is 5.22. The number of rotatable bonds is 4. The van der Waals surface area contributed by atoms with Crippen LogP contribution in [0.4, 0.5) is 0 Å². The van der Waals surface area contributed by atoms with Gasteiger partial charge in [-0.15, -0.1) is 0 Å². The molecule has 102 valence electrons. The summed E-state index contributed by atoms with van der Waals surface area (Å²) in [6.45, 7) is 1.28. The summed E-state index contributed by atoms with van der Waals surface area (Å²) in [5, 5.41) is 12.0. The molecule has 0 aromatic rings. The molecule has 1 heterocycles. The van der Waals surface area contributed by atoms with Crippen LogP contribution < -0.4 is 5.32 Å². The van der Waals surface area contributed by atoms with Gasteiger partial charge in [0.25, 0.3) is 0 Å². The minimum absolute atomic E-state index is 0.112. The average Bonchev–Trinajstić information content (AvgIpc) is 2.89. The third-order valence-electron chi connectivity index (χ3n) is 3.95. The second-order valence-corrected chi connectivity index (χ2v) is 5.22. The van der Waals surface area contributed by atoms with E-state index in [-0.39, 0.29) is 17.9 Å². The molecule has 0 aromatic carbocycles. The summed E-state index contributed by atoms with van der Waals surface area (Å²) < 4.78 is 5.43. The van der Waals surface area contributed by atoms with Gasteiger partial charge in [0.05, 0.1) is 17.9 Å². The van der Waals surface area contributed by atoms with Crippen LogP contribution in [0.25, 0.3) is 0 Å². The van der Waals surface area contributed by atoms with E-state index < -0.39 is 11.9 Å². The number of hydrogen-bond donors (Lipinski definition) is 2. The molecule has 1 aliphatic carbocycles. The Hall–Kier alpha value is -1.10. The van der Waals surface area contributed by atoms with Gasteiger partial charge in [-0.2, -0.15) is 0 Å². The zero-order valence-electron chi connectivity index (χ0n) is 10.6. The molecular formula is C13H21NO4. The maximum Gasteiger partial charge on any atom is 0.307 e. The van der Waals surface area contributed by atoms with Gasteiger partial charge in [-0.1, -0.05) is 12.8 Å². The van der Waals surface area contributed by atoms with Crippen LogP contribution in [0.3, 0.4) is 0 Å². The Balaban J connectivity index is 1.83. The smallest absolute Gasteiger partial charge is 0.307 e. The van der Waals surface area contributed by atoms with E-state index in [0.29, 0.717) is 19.4 Å². The second kappa shape index (κ2) is 6.18. The third-order valence-corrected chi connectivity index (χ3v) is 3.95. The van der Waals surface area contributed by atoms with E-state index in [2.05, 4.69) is 5.32 Å². The Kier molecular flexibility index (Phi) is 4.58. The van der Waals surface area contributed by atoms with Crippen LogP contribution in [0.5, 0.6) is 0 Å². The van der Waals surface area contributed by atoms with E-state index in [9.17, 15) is 9.59 Å². The summed E-state index contributed by atoms with van der Waals surface area (Å²) in [5.41, 5.74) is 0. The number of amides is 1. The van der Waals surface area contributed by atoms with Crippen LogP contribution in [0.2, 0.25) is 0 Å². The molecule has 0 bridgehead atoms. The Labute approximate surface area is 107 Å². The van der Waals surface area contributed by atoms with Crippen LogP contribution in [0, 0.1) is 11.8 Å². The molecule has 1 saturated heterocycles. The first-order chi connectivity index (χ1) is 8.68. The molecule has 3 atom stereocenters. The zero-order valence-corrected chi connectivity index (χ0v) is 10.6. The van der Waals surface area contributed by atoms with Gasteiger partial charge in [-0.3, -0.25) is 9.59 Å². The molecule has 2 rings (SSSR count). The predicted octanol–water partition coefficient (Wildman–Crippen LogP) is 1.17. The van der Waals surface area contributed by atoms with Gasteiger partial charge in [0.1, 0.15) is 0 Å². The number of aliphatic carboxylic acids is 1. The van der Waals surface area contributed by atoms with Gasteiger partial charge in [0.15, 0.2) is 0 Å². The SMILES string of the molecule is O=C(O)[C@@H]1CCCC[C@H]1C(=O)NC[C@H]1CCCO1. The lowest BCUT2D eigenvalue weighted by molar-refractivity contribution is -0.149. The molecule has 1 saturated carbocycles. The van der Waals surface area contributed by atoms with Gasteiger partial charge in [-0.25, -0.2) is 0 Å². The van der Waals surface area contributed by atoms with Crippen molar-refractivity contribution in [1.29, 1.82) is 0 Å². The fourth-order valence-corrected chi connectivity index (χ4v) is 2.89. The summed E-state index contributed by atoms with van der Waals surface area (Å²) in [6.07, 6.45) is 5.30. The van der Waals surface area contributed by atoms with Crippen LogP contribution in [0.15, 0.2) is 0 Å². The molecule has 2 aliphatic rings. The zero-order chi connectivity index (χ0) is 13.0. The number of carboxylic acid groups (broad SMARTS) is 1. The normalized spacial score (nSPS) is 32.1. The lowest BCUT2D eigenvalue weighted by atomic mass is 9.78. The highest BCUT2D eigenvalue weighted by Gasteiger charge is 2.35. The van der Waals surface area contributed by atoms with Gasteiger partial charge in [0.2, 0.25) is 5.91 Å². The molecular weight excluding hydrogens is 234 g/mol. The monoisotopic (exact) mass is 255 g/mol. The molecule has 0 radical (unpaired) electrons. The minimum atomic E-state index is -0.841. The Morgan fingerprint density at radius 2 is 1.83 bits per heavy atom. The van der Waals surface area contributed by atoms with Gasteiger partial charge in [-0.05, 0) is 25.7 Å². The van der Waals surface area contributed by atoms with Crippen molar-refractivity contribution in [3.05, 3.63) is 0 Å². The molecule has 5 nitrogen and oxygen atoms in total. The first kappa shape index (κ1) is 13.3. The number of hydrogen-bond acceptors (Lipinski definition) is 3. The lowest BCUT2D eigenvalue weighted by Gasteiger charge is -2.27. The molecule has 0 unspecified atom stereocenters. The van der Waals surface area contributed by atoms with Crippen molar-refractivity contribution < 1.29 is 19.4 Å². The first-order valence-electron chi connectivity index (χ1n) is 6.80. The molecule has 5 heteroatoms. The van der Waals surface area contributed by atoms with Crippen LogP contribution >= 0.6 is 0 Å². The standard InChI is InChI=1S/C13H21NO4/c15-12(14-8-9-4-3-7-18-9)10-5-1-2-6-11(10)13(16)17/h9-11H,1-8H2,(H,14,15)(H,16,17)/t9-,10-,11-/m1/s1. The largest absolute Gasteiger partial charge is 0.481 e. The van der Waals surface area contributed by atoms with Crippen molar-refractivity contribution >= 4 is 11.9 Å². The van der Waals surface area contributed by atoms with Gasteiger partial charge < -0.3 is 15.2 Å². The number of carbonyl (C=O) groups is 2. The molecule has 0 aromatic heterocycles. The molecule has 1 aliphatic heterocycles.